The molecule has 0 aliphatic heterocycles. The molecule has 0 unspecified atom stereocenters. The van der Waals surface area contributed by atoms with Crippen molar-refractivity contribution in [2.75, 3.05) is 31.4 Å². The van der Waals surface area contributed by atoms with Crippen LogP contribution < -0.4 is 15.8 Å². The predicted molar refractivity (Wildman–Crippen MR) is 110 cm³/mol. The van der Waals surface area contributed by atoms with Gasteiger partial charge in [-0.25, -0.2) is 14.4 Å². The SMILES string of the molecule is COCCOc1cc2c(NCc3cc(N)cc(C(F)(F)F)c3F)nc(C)nc2cc1C#N. The summed E-state index contributed by atoms with van der Waals surface area (Å²) >= 11 is 0. The number of alkyl halides is 3. The Morgan fingerprint density at radius 1 is 1.16 bits per heavy atom. The molecule has 1 heterocycles. The average Bonchev–Trinajstić information content (AvgIpc) is 2.72. The lowest BCUT2D eigenvalue weighted by atomic mass is 10.1. The van der Waals surface area contributed by atoms with Crippen molar-refractivity contribution in [3.8, 4) is 11.8 Å². The van der Waals surface area contributed by atoms with Gasteiger partial charge in [0.15, 0.2) is 0 Å². The van der Waals surface area contributed by atoms with Crippen LogP contribution in [0.3, 0.4) is 0 Å². The molecule has 3 rings (SSSR count). The lowest BCUT2D eigenvalue weighted by Crippen LogP contribution is -2.13. The highest BCUT2D eigenvalue weighted by atomic mass is 19.4. The molecule has 0 saturated carbocycles. The normalized spacial score (nSPS) is 11.4. The minimum Gasteiger partial charge on any atom is -0.490 e. The third-order valence-electron chi connectivity index (χ3n) is 4.50. The average molecular weight is 449 g/mol. The Kier molecular flexibility index (Phi) is 6.64. The molecule has 0 radical (unpaired) electrons. The van der Waals surface area contributed by atoms with Gasteiger partial charge in [-0.1, -0.05) is 0 Å². The van der Waals surface area contributed by atoms with E-state index < -0.39 is 17.6 Å². The second kappa shape index (κ2) is 9.23. The zero-order valence-electron chi connectivity index (χ0n) is 17.2. The van der Waals surface area contributed by atoms with Gasteiger partial charge in [0.2, 0.25) is 0 Å². The van der Waals surface area contributed by atoms with Crippen LogP contribution in [0.4, 0.5) is 29.1 Å². The van der Waals surface area contributed by atoms with Gasteiger partial charge >= 0.3 is 6.18 Å². The largest absolute Gasteiger partial charge is 0.490 e. The maximum Gasteiger partial charge on any atom is 0.419 e. The molecule has 3 N–H and O–H groups in total. The van der Waals surface area contributed by atoms with Crippen LogP contribution in [0.2, 0.25) is 0 Å². The maximum absolute atomic E-state index is 14.5. The fraction of sp³-hybridized carbons (Fsp3) is 0.286. The van der Waals surface area contributed by atoms with Crippen LogP contribution in [0.1, 0.15) is 22.5 Å². The Labute approximate surface area is 180 Å². The van der Waals surface area contributed by atoms with Gasteiger partial charge in [0, 0.05) is 30.3 Å². The fourth-order valence-corrected chi connectivity index (χ4v) is 3.07. The number of halogens is 4. The van der Waals surface area contributed by atoms with Crippen molar-refractivity contribution in [3.05, 3.63) is 52.6 Å². The van der Waals surface area contributed by atoms with E-state index in [2.05, 4.69) is 15.3 Å². The third-order valence-corrected chi connectivity index (χ3v) is 4.50. The molecule has 11 heteroatoms. The molecule has 0 atom stereocenters. The first-order valence-electron chi connectivity index (χ1n) is 9.37. The monoisotopic (exact) mass is 449 g/mol. The number of nitrogens with two attached hydrogens (primary N) is 1. The molecule has 2 aromatic carbocycles. The van der Waals surface area contributed by atoms with Gasteiger partial charge in [-0.05, 0) is 31.2 Å². The van der Waals surface area contributed by atoms with Crippen molar-refractivity contribution in [2.45, 2.75) is 19.6 Å². The standard InChI is InChI=1S/C21H19F4N5O2/c1-11-29-17-6-12(9-26)18(32-4-3-31-2)8-15(17)20(30-11)28-10-13-5-14(27)7-16(19(13)22)21(23,24)25/h5-8H,3-4,10,27H2,1-2H3,(H,28,29,30). The number of anilines is 2. The molecule has 0 bridgehead atoms. The molecule has 0 aliphatic rings. The Balaban J connectivity index is 2.00. The molecule has 0 saturated heterocycles. The number of fused-ring (bicyclic) bond motifs is 1. The number of rotatable bonds is 7. The smallest absolute Gasteiger partial charge is 0.419 e. The van der Waals surface area contributed by atoms with E-state index in [1.165, 1.54) is 13.2 Å². The van der Waals surface area contributed by atoms with Gasteiger partial charge in [-0.3, -0.25) is 0 Å². The van der Waals surface area contributed by atoms with Crippen LogP contribution in [0, 0.1) is 24.1 Å². The summed E-state index contributed by atoms with van der Waals surface area (Å²) in [5.41, 5.74) is 4.28. The Morgan fingerprint density at radius 2 is 1.91 bits per heavy atom. The molecule has 168 valence electrons. The number of nitriles is 1. The van der Waals surface area contributed by atoms with E-state index in [1.807, 2.05) is 6.07 Å². The highest BCUT2D eigenvalue weighted by Crippen LogP contribution is 2.35. The van der Waals surface area contributed by atoms with E-state index >= 15 is 0 Å². The number of benzene rings is 2. The summed E-state index contributed by atoms with van der Waals surface area (Å²) in [4.78, 5) is 8.56. The number of aryl methyl sites for hydroxylation is 1. The first kappa shape index (κ1) is 23.0. The summed E-state index contributed by atoms with van der Waals surface area (Å²) < 4.78 is 64.3. The molecule has 7 nitrogen and oxygen atoms in total. The topological polar surface area (TPSA) is 106 Å². The fourth-order valence-electron chi connectivity index (χ4n) is 3.07. The summed E-state index contributed by atoms with van der Waals surface area (Å²) in [7, 11) is 1.51. The Bertz CT molecular complexity index is 1190. The van der Waals surface area contributed by atoms with Gasteiger partial charge in [-0.15, -0.1) is 0 Å². The van der Waals surface area contributed by atoms with Gasteiger partial charge in [0.05, 0.1) is 23.3 Å². The van der Waals surface area contributed by atoms with Crippen LogP contribution in [-0.4, -0.2) is 30.3 Å². The number of nitrogens with zero attached hydrogens (tertiary/aromatic N) is 3. The Hall–Kier alpha value is -3.65. The zero-order valence-corrected chi connectivity index (χ0v) is 17.2. The Morgan fingerprint density at radius 3 is 2.56 bits per heavy atom. The molecule has 0 amide bonds. The predicted octanol–water partition coefficient (Wildman–Crippen LogP) is 4.19. The molecule has 32 heavy (non-hydrogen) atoms. The summed E-state index contributed by atoms with van der Waals surface area (Å²) in [6.45, 7) is 1.80. The molecule has 0 aliphatic carbocycles. The zero-order chi connectivity index (χ0) is 23.5. The lowest BCUT2D eigenvalue weighted by molar-refractivity contribution is -0.140. The minimum atomic E-state index is -4.88. The minimum absolute atomic E-state index is 0.195. The van der Waals surface area contributed by atoms with Crippen LogP contribution in [-0.2, 0) is 17.5 Å². The lowest BCUT2D eigenvalue weighted by Gasteiger charge is -2.15. The van der Waals surface area contributed by atoms with Crippen molar-refractivity contribution in [1.82, 2.24) is 9.97 Å². The number of hydrogen-bond acceptors (Lipinski definition) is 7. The van der Waals surface area contributed by atoms with Crippen molar-refractivity contribution in [3.63, 3.8) is 0 Å². The number of nitrogens with one attached hydrogen (secondary N) is 1. The molecular weight excluding hydrogens is 430 g/mol. The number of hydrogen-bond donors (Lipinski definition) is 2. The first-order chi connectivity index (χ1) is 15.1. The molecule has 0 fully saturated rings. The summed E-state index contributed by atoms with van der Waals surface area (Å²) in [6.07, 6.45) is -4.88. The second-order valence-corrected chi connectivity index (χ2v) is 6.83. The quantitative estimate of drug-likeness (QED) is 0.317. The van der Waals surface area contributed by atoms with Gasteiger partial charge in [0.1, 0.15) is 35.9 Å². The van der Waals surface area contributed by atoms with Crippen molar-refractivity contribution >= 4 is 22.4 Å². The number of methoxy groups -OCH3 is 1. The van der Waals surface area contributed by atoms with Gasteiger partial charge < -0.3 is 20.5 Å². The summed E-state index contributed by atoms with van der Waals surface area (Å²) in [5, 5.41) is 12.7. The van der Waals surface area contributed by atoms with Crippen LogP contribution >= 0.6 is 0 Å². The van der Waals surface area contributed by atoms with Gasteiger partial charge in [0.25, 0.3) is 0 Å². The van der Waals surface area contributed by atoms with Gasteiger partial charge in [-0.2, -0.15) is 18.4 Å². The molecule has 0 spiro atoms. The highest BCUT2D eigenvalue weighted by Gasteiger charge is 2.35. The number of aromatic nitrogens is 2. The third kappa shape index (κ3) is 4.97. The maximum atomic E-state index is 14.5. The molecular formula is C21H19F4N5O2. The highest BCUT2D eigenvalue weighted by molar-refractivity contribution is 5.91. The van der Waals surface area contributed by atoms with Crippen LogP contribution in [0.5, 0.6) is 5.75 Å². The van der Waals surface area contributed by atoms with E-state index in [4.69, 9.17) is 15.2 Å². The van der Waals surface area contributed by atoms with Crippen molar-refractivity contribution < 1.29 is 27.0 Å². The van der Waals surface area contributed by atoms with E-state index in [0.717, 1.165) is 6.07 Å². The summed E-state index contributed by atoms with van der Waals surface area (Å²) in [6, 6.07) is 6.76. The van der Waals surface area contributed by atoms with Crippen molar-refractivity contribution in [2.24, 2.45) is 0 Å². The van der Waals surface area contributed by atoms with E-state index in [9.17, 15) is 22.8 Å². The van der Waals surface area contributed by atoms with Crippen molar-refractivity contribution in [1.29, 1.82) is 5.26 Å². The second-order valence-electron chi connectivity index (χ2n) is 6.83. The van der Waals surface area contributed by atoms with Crippen LogP contribution in [0.15, 0.2) is 24.3 Å². The molecule has 1 aromatic heterocycles. The number of nitrogen functional groups attached to an aromatic ring is 1. The van der Waals surface area contributed by atoms with Crippen LogP contribution in [0.25, 0.3) is 10.9 Å². The number of ether oxygens (including phenoxy) is 2. The molecule has 3 aromatic rings. The first-order valence-corrected chi connectivity index (χ1v) is 9.37. The van der Waals surface area contributed by atoms with E-state index in [-0.39, 0.29) is 41.5 Å². The van der Waals surface area contributed by atoms with E-state index in [0.29, 0.717) is 29.4 Å². The van der Waals surface area contributed by atoms with E-state index in [1.54, 1.807) is 13.0 Å². The summed E-state index contributed by atoms with van der Waals surface area (Å²) in [5.74, 6) is -0.559.